The number of aromatic carboxylic acids is 1. The molecule has 2 aliphatic rings. The van der Waals surface area contributed by atoms with Crippen molar-refractivity contribution in [2.24, 2.45) is 0 Å². The normalized spacial score (nSPS) is 16.2. The van der Waals surface area contributed by atoms with Crippen LogP contribution < -0.4 is 15.1 Å². The van der Waals surface area contributed by atoms with E-state index in [4.69, 9.17) is 11.6 Å². The van der Waals surface area contributed by atoms with Crippen molar-refractivity contribution in [3.63, 3.8) is 0 Å². The van der Waals surface area contributed by atoms with Crippen LogP contribution in [0.5, 0.6) is 0 Å². The van der Waals surface area contributed by atoms with E-state index in [2.05, 4.69) is 44.6 Å². The van der Waals surface area contributed by atoms with E-state index in [0.717, 1.165) is 12.2 Å². The zero-order valence-electron chi connectivity index (χ0n) is 28.8. The summed E-state index contributed by atoms with van der Waals surface area (Å²) in [5.41, 5.74) is 3.12. The number of rotatable bonds is 10. The highest BCUT2D eigenvalue weighted by Gasteiger charge is 2.41. The van der Waals surface area contributed by atoms with Gasteiger partial charge < -0.3 is 30.1 Å². The number of nitrogens with zero attached hydrogens (tertiary/aromatic N) is 8. The van der Waals surface area contributed by atoms with Crippen LogP contribution in [0.1, 0.15) is 29.9 Å². The lowest BCUT2D eigenvalue weighted by Crippen LogP contribution is -2.60. The second kappa shape index (κ2) is 14.5. The summed E-state index contributed by atoms with van der Waals surface area (Å²) in [4.78, 5) is 75.6. The van der Waals surface area contributed by atoms with Crippen LogP contribution in [0.2, 0.25) is 5.02 Å². The molecule has 2 aromatic heterocycles. The van der Waals surface area contributed by atoms with E-state index >= 15 is 0 Å². The average molecular weight is 739 g/mol. The number of hydrogen-bond acceptors (Lipinski definition) is 9. The van der Waals surface area contributed by atoms with E-state index in [1.165, 1.54) is 26.9 Å². The van der Waals surface area contributed by atoms with Crippen molar-refractivity contribution in [2.45, 2.75) is 32.4 Å². The molecule has 1 atom stereocenters. The number of amides is 4. The highest BCUT2D eigenvalue weighted by molar-refractivity contribution is 6.41. The highest BCUT2D eigenvalue weighted by atomic mass is 35.5. The lowest BCUT2D eigenvalue weighted by atomic mass is 10.0. The van der Waals surface area contributed by atoms with Gasteiger partial charge in [0.1, 0.15) is 18.1 Å². The summed E-state index contributed by atoms with van der Waals surface area (Å²) in [5.74, 6) is -3.43. The molecule has 3 N–H and O–H groups in total. The molecule has 2 aliphatic heterocycles. The number of hydrogen-bond donors (Lipinski definition) is 3. The SMILES string of the molecule is CC(C)N1CCN(c2ccc(CC(C(=O)Nc3ccc4[nH]c(C(=O)O)cc4c3)N3CCN(c4cc(Cl)ccc4-n4cnnn4)C(=O)C3=O)cc2)C(=O)C1. The van der Waals surface area contributed by atoms with Gasteiger partial charge in [-0.25, -0.2) is 4.79 Å². The molecule has 0 aliphatic carbocycles. The number of anilines is 3. The van der Waals surface area contributed by atoms with Crippen molar-refractivity contribution in [3.05, 3.63) is 89.3 Å². The van der Waals surface area contributed by atoms with Crippen molar-refractivity contribution in [2.75, 3.05) is 47.8 Å². The molecule has 4 heterocycles. The number of carbonyl (C=O) groups excluding carboxylic acids is 4. The molecule has 0 bridgehead atoms. The molecular formula is C36H35ClN10O6. The summed E-state index contributed by atoms with van der Waals surface area (Å²) in [6, 6.07) is 17.5. The number of carboxylic acids is 1. The Labute approximate surface area is 307 Å². The highest BCUT2D eigenvalue weighted by Crippen LogP contribution is 2.30. The van der Waals surface area contributed by atoms with Gasteiger partial charge in [0.2, 0.25) is 11.8 Å². The summed E-state index contributed by atoms with van der Waals surface area (Å²) in [6.45, 7) is 5.78. The van der Waals surface area contributed by atoms with Crippen LogP contribution in [0.3, 0.4) is 0 Å². The second-order valence-electron chi connectivity index (χ2n) is 13.1. The summed E-state index contributed by atoms with van der Waals surface area (Å²) in [6.07, 6.45) is 1.42. The van der Waals surface area contributed by atoms with Gasteiger partial charge in [0.15, 0.2) is 0 Å². The zero-order valence-corrected chi connectivity index (χ0v) is 29.5. The third kappa shape index (κ3) is 7.18. The number of carbonyl (C=O) groups is 5. The van der Waals surface area contributed by atoms with Crippen LogP contribution in [0.15, 0.2) is 73.1 Å². The predicted molar refractivity (Wildman–Crippen MR) is 195 cm³/mol. The molecule has 0 spiro atoms. The topological polar surface area (TPSA) is 190 Å². The van der Waals surface area contributed by atoms with E-state index in [0.29, 0.717) is 51.6 Å². The number of carboxylic acid groups (broad SMARTS) is 1. The number of fused-ring (bicyclic) bond motifs is 1. The Balaban J connectivity index is 1.16. The maximum atomic E-state index is 14.1. The number of halogens is 1. The van der Waals surface area contributed by atoms with Gasteiger partial charge in [0.05, 0.1) is 17.9 Å². The molecule has 0 saturated carbocycles. The molecule has 2 fully saturated rings. The molecule has 2 saturated heterocycles. The summed E-state index contributed by atoms with van der Waals surface area (Å²) >= 11 is 6.31. The number of tetrazole rings is 1. The Morgan fingerprint density at radius 2 is 1.68 bits per heavy atom. The fraction of sp³-hybridized carbons (Fsp3) is 0.278. The number of piperazine rings is 2. The fourth-order valence-electron chi connectivity index (χ4n) is 6.69. The van der Waals surface area contributed by atoms with Crippen LogP contribution >= 0.6 is 11.6 Å². The molecular weight excluding hydrogens is 704 g/mol. The third-order valence-corrected chi connectivity index (χ3v) is 9.77. The largest absolute Gasteiger partial charge is 0.477 e. The molecule has 1 unspecified atom stereocenters. The maximum absolute atomic E-state index is 14.1. The number of benzene rings is 3. The first kappa shape index (κ1) is 35.3. The van der Waals surface area contributed by atoms with Crippen LogP contribution in [0.4, 0.5) is 17.1 Å². The van der Waals surface area contributed by atoms with Crippen molar-refractivity contribution in [3.8, 4) is 5.69 Å². The molecule has 7 rings (SSSR count). The second-order valence-corrected chi connectivity index (χ2v) is 13.6. The smallest absolute Gasteiger partial charge is 0.352 e. The van der Waals surface area contributed by atoms with E-state index in [-0.39, 0.29) is 37.2 Å². The first-order chi connectivity index (χ1) is 25.5. The minimum absolute atomic E-state index is 0.00164. The summed E-state index contributed by atoms with van der Waals surface area (Å²) in [7, 11) is 0. The quantitative estimate of drug-likeness (QED) is 0.180. The number of aromatic nitrogens is 5. The first-order valence-corrected chi connectivity index (χ1v) is 17.3. The van der Waals surface area contributed by atoms with Crippen LogP contribution in [0, 0.1) is 0 Å². The van der Waals surface area contributed by atoms with Crippen molar-refractivity contribution >= 4 is 69.2 Å². The Kier molecular flexibility index (Phi) is 9.64. The number of H-pyrrole nitrogens is 1. The van der Waals surface area contributed by atoms with Gasteiger partial charge in [-0.2, -0.15) is 4.68 Å². The molecule has 5 aromatic rings. The molecule has 272 valence electrons. The maximum Gasteiger partial charge on any atom is 0.352 e. The van der Waals surface area contributed by atoms with Crippen molar-refractivity contribution < 1.29 is 29.1 Å². The molecule has 17 heteroatoms. The number of aromatic amines is 1. The average Bonchev–Trinajstić information content (AvgIpc) is 3.83. The molecule has 16 nitrogen and oxygen atoms in total. The lowest BCUT2D eigenvalue weighted by Gasteiger charge is -2.38. The van der Waals surface area contributed by atoms with E-state index in [1.54, 1.807) is 41.3 Å². The Bertz CT molecular complexity index is 2220. The Hall–Kier alpha value is -6.13. The van der Waals surface area contributed by atoms with E-state index in [1.807, 2.05) is 24.3 Å². The van der Waals surface area contributed by atoms with Crippen molar-refractivity contribution in [1.29, 1.82) is 0 Å². The monoisotopic (exact) mass is 738 g/mol. The molecule has 4 amide bonds. The van der Waals surface area contributed by atoms with Crippen molar-refractivity contribution in [1.82, 2.24) is 35.0 Å². The van der Waals surface area contributed by atoms with Gasteiger partial charge in [-0.05, 0) is 84.4 Å². The van der Waals surface area contributed by atoms with Crippen LogP contribution in [-0.2, 0) is 25.6 Å². The predicted octanol–water partition coefficient (Wildman–Crippen LogP) is 2.98. The standard InChI is InChI=1S/C36H35ClN10O6/c1-21(2)43-11-12-44(32(48)19-43)26-7-3-22(4-8-26)15-31(33(49)39-25-6-9-27-23(16-25)17-28(40-27)36(52)53)46-14-13-45(34(50)35(46)51)30-18-24(37)5-10-29(30)47-20-38-41-42-47/h3-10,16-18,20-21,31,40H,11-15,19H2,1-2H3,(H,39,49)(H,52,53). The summed E-state index contributed by atoms with van der Waals surface area (Å²) < 4.78 is 1.36. The Morgan fingerprint density at radius 3 is 2.38 bits per heavy atom. The zero-order chi connectivity index (χ0) is 37.4. The first-order valence-electron chi connectivity index (χ1n) is 16.9. The molecule has 3 aromatic carbocycles. The lowest BCUT2D eigenvalue weighted by molar-refractivity contribution is -0.149. The van der Waals surface area contributed by atoms with Crippen LogP contribution in [0.25, 0.3) is 16.6 Å². The molecule has 0 radical (unpaired) electrons. The Morgan fingerprint density at radius 1 is 0.906 bits per heavy atom. The summed E-state index contributed by atoms with van der Waals surface area (Å²) in [5, 5.41) is 24.4. The van der Waals surface area contributed by atoms with Gasteiger partial charge >= 0.3 is 17.8 Å². The fourth-order valence-corrected chi connectivity index (χ4v) is 6.86. The minimum atomic E-state index is -1.12. The van der Waals surface area contributed by atoms with Gasteiger partial charge in [0, 0.05) is 65.9 Å². The number of nitrogens with one attached hydrogen (secondary N) is 2. The minimum Gasteiger partial charge on any atom is -0.477 e. The third-order valence-electron chi connectivity index (χ3n) is 9.53. The molecule has 53 heavy (non-hydrogen) atoms. The van der Waals surface area contributed by atoms with Gasteiger partial charge in [-0.3, -0.25) is 24.1 Å². The van der Waals surface area contributed by atoms with E-state index < -0.39 is 29.7 Å². The van der Waals surface area contributed by atoms with Gasteiger partial charge in [-0.15, -0.1) is 5.10 Å². The van der Waals surface area contributed by atoms with Gasteiger partial charge in [0.25, 0.3) is 0 Å². The van der Waals surface area contributed by atoms with E-state index in [9.17, 15) is 29.1 Å². The van der Waals surface area contributed by atoms with Gasteiger partial charge in [-0.1, -0.05) is 23.7 Å². The van der Waals surface area contributed by atoms with Crippen LogP contribution in [-0.4, -0.2) is 115 Å².